The molecule has 0 bridgehead atoms. The van der Waals surface area contributed by atoms with Crippen molar-refractivity contribution in [1.82, 2.24) is 0 Å². The Morgan fingerprint density at radius 3 is 2.18 bits per heavy atom. The molecule has 0 N–H and O–H groups in total. The Balaban J connectivity index is 2.64. The molecule has 0 aliphatic heterocycles. The number of nitrogens with zero attached hydrogens (tertiary/aromatic N) is 1. The zero-order chi connectivity index (χ0) is 12.4. The van der Waals surface area contributed by atoms with Crippen LogP contribution in [-0.2, 0) is 0 Å². The van der Waals surface area contributed by atoms with E-state index in [0.717, 1.165) is 0 Å². The molecule has 3 nitrogen and oxygen atoms in total. The van der Waals surface area contributed by atoms with Gasteiger partial charge < -0.3 is 0 Å². The van der Waals surface area contributed by atoms with Crippen LogP contribution in [0.4, 0.5) is 5.69 Å². The smallest absolute Gasteiger partial charge is 0.258 e. The van der Waals surface area contributed by atoms with E-state index >= 15 is 0 Å². The summed E-state index contributed by atoms with van der Waals surface area (Å²) < 4.78 is 0. The van der Waals surface area contributed by atoms with Crippen LogP contribution in [0.1, 0.15) is 0 Å². The van der Waals surface area contributed by atoms with Gasteiger partial charge in [-0.2, -0.15) is 0 Å². The number of rotatable bonds is 2. The van der Waals surface area contributed by atoms with Crippen molar-refractivity contribution in [2.45, 2.75) is 0 Å². The number of hydrogen-bond acceptors (Lipinski definition) is 2. The van der Waals surface area contributed by atoms with Gasteiger partial charge in [-0.1, -0.05) is 35.3 Å². The largest absolute Gasteiger partial charge is 0.277 e. The lowest BCUT2D eigenvalue weighted by Crippen LogP contribution is -1.91. The fourth-order valence-electron chi connectivity index (χ4n) is 1.59. The third-order valence-electron chi connectivity index (χ3n) is 2.27. The van der Waals surface area contributed by atoms with Crippen molar-refractivity contribution in [1.29, 1.82) is 0 Å². The normalized spacial score (nSPS) is 10.2. The fraction of sp³-hybridized carbons (Fsp3) is 0. The second kappa shape index (κ2) is 4.73. The summed E-state index contributed by atoms with van der Waals surface area (Å²) in [5.41, 5.74) is 1.17. The van der Waals surface area contributed by atoms with Gasteiger partial charge in [0, 0.05) is 16.1 Å². The molecule has 0 unspecified atom stereocenters. The van der Waals surface area contributed by atoms with E-state index < -0.39 is 4.92 Å². The topological polar surface area (TPSA) is 43.1 Å². The van der Waals surface area contributed by atoms with Gasteiger partial charge >= 0.3 is 0 Å². The Hall–Kier alpha value is -1.58. The van der Waals surface area contributed by atoms with Gasteiger partial charge in [-0.05, 0) is 29.8 Å². The Morgan fingerprint density at radius 2 is 1.59 bits per heavy atom. The van der Waals surface area contributed by atoms with E-state index in [2.05, 4.69) is 0 Å². The second-order valence-corrected chi connectivity index (χ2v) is 4.31. The number of para-hydroxylation sites is 1. The van der Waals surface area contributed by atoms with E-state index in [0.29, 0.717) is 21.2 Å². The van der Waals surface area contributed by atoms with E-state index in [4.69, 9.17) is 23.2 Å². The lowest BCUT2D eigenvalue weighted by atomic mass is 10.0. The summed E-state index contributed by atoms with van der Waals surface area (Å²) in [5.74, 6) is 0. The molecule has 17 heavy (non-hydrogen) atoms. The molecule has 0 aliphatic carbocycles. The highest BCUT2D eigenvalue weighted by Gasteiger charge is 2.14. The summed E-state index contributed by atoms with van der Waals surface area (Å²) >= 11 is 11.8. The third kappa shape index (κ3) is 2.57. The van der Waals surface area contributed by atoms with Crippen molar-refractivity contribution in [3.05, 3.63) is 62.6 Å². The van der Waals surface area contributed by atoms with Gasteiger partial charge in [-0.3, -0.25) is 10.1 Å². The molecular formula is C12H7Cl2NO2. The van der Waals surface area contributed by atoms with Crippen LogP contribution in [0.5, 0.6) is 0 Å². The van der Waals surface area contributed by atoms with Crippen LogP contribution in [0.15, 0.2) is 42.5 Å². The van der Waals surface area contributed by atoms with Crippen molar-refractivity contribution >= 4 is 28.9 Å². The molecule has 0 atom stereocenters. The van der Waals surface area contributed by atoms with Gasteiger partial charge in [0.15, 0.2) is 0 Å². The summed E-state index contributed by atoms with van der Waals surface area (Å²) in [6, 6.07) is 11.3. The average Bonchev–Trinajstić information content (AvgIpc) is 2.27. The van der Waals surface area contributed by atoms with Crippen LogP contribution in [0.2, 0.25) is 10.0 Å². The van der Waals surface area contributed by atoms with Gasteiger partial charge in [-0.15, -0.1) is 0 Å². The van der Waals surface area contributed by atoms with Crippen LogP contribution >= 0.6 is 23.2 Å². The number of nitro groups is 1. The van der Waals surface area contributed by atoms with Gasteiger partial charge in [0.25, 0.3) is 5.69 Å². The first kappa shape index (κ1) is 11.9. The molecule has 0 saturated carbocycles. The van der Waals surface area contributed by atoms with Gasteiger partial charge in [0.1, 0.15) is 0 Å². The van der Waals surface area contributed by atoms with Gasteiger partial charge in [0.05, 0.1) is 10.5 Å². The first-order valence-corrected chi connectivity index (χ1v) is 5.53. The monoisotopic (exact) mass is 267 g/mol. The Kier molecular flexibility index (Phi) is 3.31. The van der Waals surface area contributed by atoms with Gasteiger partial charge in [-0.25, -0.2) is 0 Å². The molecule has 0 radical (unpaired) electrons. The van der Waals surface area contributed by atoms with Crippen molar-refractivity contribution < 1.29 is 4.92 Å². The Morgan fingerprint density at radius 1 is 1.00 bits per heavy atom. The van der Waals surface area contributed by atoms with Crippen molar-refractivity contribution in [3.63, 3.8) is 0 Å². The van der Waals surface area contributed by atoms with Crippen LogP contribution in [0.25, 0.3) is 11.1 Å². The zero-order valence-corrected chi connectivity index (χ0v) is 10.1. The fourth-order valence-corrected chi connectivity index (χ4v) is 2.11. The molecule has 0 fully saturated rings. The summed E-state index contributed by atoms with van der Waals surface area (Å²) in [7, 11) is 0. The number of nitro benzene ring substituents is 1. The Labute approximate surface area is 108 Å². The maximum atomic E-state index is 10.9. The minimum Gasteiger partial charge on any atom is -0.258 e. The summed E-state index contributed by atoms with van der Waals surface area (Å²) in [6.07, 6.45) is 0. The predicted molar refractivity (Wildman–Crippen MR) is 68.6 cm³/mol. The second-order valence-electron chi connectivity index (χ2n) is 3.43. The molecule has 0 spiro atoms. The zero-order valence-electron chi connectivity index (χ0n) is 8.56. The molecule has 0 heterocycles. The predicted octanol–water partition coefficient (Wildman–Crippen LogP) is 4.57. The molecule has 0 aromatic heterocycles. The van der Waals surface area contributed by atoms with E-state index in [1.807, 2.05) is 0 Å². The maximum Gasteiger partial charge on any atom is 0.277 e. The summed E-state index contributed by atoms with van der Waals surface area (Å²) in [6.45, 7) is 0. The molecule has 5 heteroatoms. The van der Waals surface area contributed by atoms with Crippen LogP contribution in [0.3, 0.4) is 0 Å². The highest BCUT2D eigenvalue weighted by atomic mass is 35.5. The van der Waals surface area contributed by atoms with Crippen LogP contribution in [-0.4, -0.2) is 4.92 Å². The molecule has 86 valence electrons. The van der Waals surface area contributed by atoms with Crippen molar-refractivity contribution in [3.8, 4) is 11.1 Å². The standard InChI is InChI=1S/C12H7Cl2NO2/c13-9-5-8(6-10(14)7-9)11-3-1-2-4-12(11)15(16)17/h1-7H. The molecule has 2 aromatic carbocycles. The number of hydrogen-bond donors (Lipinski definition) is 0. The Bertz CT molecular complexity index is 564. The molecule has 2 rings (SSSR count). The van der Waals surface area contributed by atoms with Gasteiger partial charge in [0.2, 0.25) is 0 Å². The number of halogens is 2. The van der Waals surface area contributed by atoms with Crippen molar-refractivity contribution in [2.24, 2.45) is 0 Å². The maximum absolute atomic E-state index is 10.9. The van der Waals surface area contributed by atoms with E-state index in [1.54, 1.807) is 36.4 Å². The van der Waals surface area contributed by atoms with E-state index in [9.17, 15) is 10.1 Å². The quantitative estimate of drug-likeness (QED) is 0.591. The molecule has 0 aliphatic rings. The van der Waals surface area contributed by atoms with Crippen LogP contribution in [0, 0.1) is 10.1 Å². The minimum absolute atomic E-state index is 0.0332. The molecular weight excluding hydrogens is 261 g/mol. The highest BCUT2D eigenvalue weighted by molar-refractivity contribution is 6.35. The minimum atomic E-state index is -0.426. The molecule has 2 aromatic rings. The first-order chi connectivity index (χ1) is 8.08. The average molecular weight is 268 g/mol. The first-order valence-electron chi connectivity index (χ1n) is 4.78. The third-order valence-corrected chi connectivity index (χ3v) is 2.71. The SMILES string of the molecule is O=[N+]([O-])c1ccccc1-c1cc(Cl)cc(Cl)c1. The highest BCUT2D eigenvalue weighted by Crippen LogP contribution is 2.33. The number of benzene rings is 2. The van der Waals surface area contributed by atoms with E-state index in [-0.39, 0.29) is 5.69 Å². The summed E-state index contributed by atoms with van der Waals surface area (Å²) in [4.78, 5) is 10.5. The van der Waals surface area contributed by atoms with Crippen LogP contribution < -0.4 is 0 Å². The molecule has 0 saturated heterocycles. The molecule has 0 amide bonds. The summed E-state index contributed by atoms with van der Waals surface area (Å²) in [5, 5.41) is 11.8. The van der Waals surface area contributed by atoms with Crippen molar-refractivity contribution in [2.75, 3.05) is 0 Å². The lowest BCUT2D eigenvalue weighted by molar-refractivity contribution is -0.384. The lowest BCUT2D eigenvalue weighted by Gasteiger charge is -2.04. The van der Waals surface area contributed by atoms with E-state index in [1.165, 1.54) is 6.07 Å².